The van der Waals surface area contributed by atoms with Crippen LogP contribution >= 0.6 is 35.4 Å². The first-order valence-corrected chi connectivity index (χ1v) is 5.95. The fourth-order valence-electron chi connectivity index (χ4n) is 1.22. The molecule has 2 rings (SSSR count). The quantitative estimate of drug-likeness (QED) is 0.809. The smallest absolute Gasteiger partial charge is 0.171 e. The Balaban J connectivity index is 2.10. The van der Waals surface area contributed by atoms with E-state index in [1.807, 2.05) is 0 Å². The van der Waals surface area contributed by atoms with E-state index in [1.165, 1.54) is 12.1 Å². The normalized spacial score (nSPS) is 14.7. The summed E-state index contributed by atoms with van der Waals surface area (Å²) in [4.78, 5) is 0. The summed E-state index contributed by atoms with van der Waals surface area (Å²) in [7, 11) is 0. The highest BCUT2D eigenvalue weighted by Gasteiger charge is 2.22. The molecule has 0 radical (unpaired) electrons. The van der Waals surface area contributed by atoms with E-state index in [2.05, 4.69) is 10.6 Å². The third-order valence-corrected chi connectivity index (χ3v) is 2.97. The summed E-state index contributed by atoms with van der Waals surface area (Å²) in [6.07, 6.45) is 2.24. The molecule has 0 bridgehead atoms. The fraction of sp³-hybridized carbons (Fsp3) is 0.300. The Bertz CT molecular complexity index is 412. The van der Waals surface area contributed by atoms with Gasteiger partial charge in [0.1, 0.15) is 5.82 Å². The van der Waals surface area contributed by atoms with E-state index < -0.39 is 5.82 Å². The topological polar surface area (TPSA) is 24.1 Å². The molecule has 86 valence electrons. The monoisotopic (exact) mass is 278 g/mol. The summed E-state index contributed by atoms with van der Waals surface area (Å²) >= 11 is 16.8. The molecule has 1 aliphatic carbocycles. The summed E-state index contributed by atoms with van der Waals surface area (Å²) < 4.78 is 12.9. The molecule has 0 heterocycles. The average molecular weight is 279 g/mol. The van der Waals surface area contributed by atoms with Crippen molar-refractivity contribution >= 4 is 46.2 Å². The summed E-state index contributed by atoms with van der Waals surface area (Å²) in [5, 5.41) is 6.83. The van der Waals surface area contributed by atoms with Gasteiger partial charge in [-0.1, -0.05) is 23.2 Å². The van der Waals surface area contributed by atoms with Gasteiger partial charge in [-0.3, -0.25) is 0 Å². The number of benzene rings is 1. The van der Waals surface area contributed by atoms with Crippen molar-refractivity contribution in [3.63, 3.8) is 0 Å². The maximum absolute atomic E-state index is 12.9. The molecule has 1 aliphatic rings. The lowest BCUT2D eigenvalue weighted by Gasteiger charge is -2.12. The van der Waals surface area contributed by atoms with E-state index in [0.717, 1.165) is 12.8 Å². The minimum atomic E-state index is -0.471. The number of rotatable bonds is 2. The minimum absolute atomic E-state index is 0.213. The average Bonchev–Trinajstić information content (AvgIpc) is 2.95. The van der Waals surface area contributed by atoms with Gasteiger partial charge in [0.15, 0.2) is 5.11 Å². The molecule has 16 heavy (non-hydrogen) atoms. The molecule has 1 aromatic rings. The van der Waals surface area contributed by atoms with Gasteiger partial charge in [0, 0.05) is 6.04 Å². The highest BCUT2D eigenvalue weighted by molar-refractivity contribution is 7.80. The summed E-state index contributed by atoms with van der Waals surface area (Å²) in [6, 6.07) is 2.82. The fourth-order valence-corrected chi connectivity index (χ4v) is 2.05. The second kappa shape index (κ2) is 4.73. The third-order valence-electron chi connectivity index (χ3n) is 2.16. The molecule has 1 saturated carbocycles. The Kier molecular flexibility index (Phi) is 3.52. The van der Waals surface area contributed by atoms with Crippen LogP contribution in [0.2, 0.25) is 10.0 Å². The van der Waals surface area contributed by atoms with Crippen LogP contribution in [0.15, 0.2) is 12.1 Å². The third kappa shape index (κ3) is 2.97. The van der Waals surface area contributed by atoms with Crippen LogP contribution < -0.4 is 10.6 Å². The van der Waals surface area contributed by atoms with Crippen LogP contribution in [0.1, 0.15) is 12.8 Å². The summed E-state index contributed by atoms with van der Waals surface area (Å²) in [5.74, 6) is -0.471. The molecule has 2 nitrogen and oxygen atoms in total. The number of nitrogens with one attached hydrogen (secondary N) is 2. The Morgan fingerprint density at radius 2 is 1.88 bits per heavy atom. The van der Waals surface area contributed by atoms with E-state index >= 15 is 0 Å². The molecule has 1 aromatic carbocycles. The number of halogens is 3. The van der Waals surface area contributed by atoms with Gasteiger partial charge in [-0.15, -0.1) is 0 Å². The van der Waals surface area contributed by atoms with Gasteiger partial charge in [0.2, 0.25) is 0 Å². The van der Waals surface area contributed by atoms with Gasteiger partial charge in [0.25, 0.3) is 0 Å². The van der Waals surface area contributed by atoms with Crippen molar-refractivity contribution < 1.29 is 4.39 Å². The largest absolute Gasteiger partial charge is 0.360 e. The van der Waals surface area contributed by atoms with Crippen molar-refractivity contribution in [1.29, 1.82) is 0 Å². The first-order valence-electron chi connectivity index (χ1n) is 4.78. The van der Waals surface area contributed by atoms with Crippen LogP contribution in [-0.2, 0) is 0 Å². The molecular weight excluding hydrogens is 270 g/mol. The molecule has 0 spiro atoms. The SMILES string of the molecule is Fc1cc(Cl)c(NC(=S)NC2CC2)c(Cl)c1. The lowest BCUT2D eigenvalue weighted by molar-refractivity contribution is 0.628. The molecule has 0 amide bonds. The van der Waals surface area contributed by atoms with E-state index in [0.29, 0.717) is 16.8 Å². The molecule has 0 atom stereocenters. The second-order valence-corrected chi connectivity index (χ2v) is 4.84. The first-order chi connectivity index (χ1) is 7.56. The van der Waals surface area contributed by atoms with Gasteiger partial charge in [-0.05, 0) is 37.2 Å². The van der Waals surface area contributed by atoms with Gasteiger partial charge in [-0.25, -0.2) is 4.39 Å². The van der Waals surface area contributed by atoms with Gasteiger partial charge >= 0.3 is 0 Å². The van der Waals surface area contributed by atoms with Gasteiger partial charge < -0.3 is 10.6 Å². The maximum atomic E-state index is 12.9. The van der Waals surface area contributed by atoms with Crippen molar-refractivity contribution in [2.24, 2.45) is 0 Å². The Morgan fingerprint density at radius 3 is 2.38 bits per heavy atom. The predicted molar refractivity (Wildman–Crippen MR) is 68.8 cm³/mol. The van der Waals surface area contributed by atoms with Crippen molar-refractivity contribution in [1.82, 2.24) is 5.32 Å². The maximum Gasteiger partial charge on any atom is 0.171 e. The molecule has 1 fully saturated rings. The van der Waals surface area contributed by atoms with Crippen LogP contribution in [0, 0.1) is 5.82 Å². The van der Waals surface area contributed by atoms with Crippen LogP contribution in [0.25, 0.3) is 0 Å². The zero-order chi connectivity index (χ0) is 11.7. The lowest BCUT2D eigenvalue weighted by Crippen LogP contribution is -2.30. The van der Waals surface area contributed by atoms with Crippen LogP contribution in [0.3, 0.4) is 0 Å². The van der Waals surface area contributed by atoms with Crippen molar-refractivity contribution in [3.8, 4) is 0 Å². The van der Waals surface area contributed by atoms with E-state index in [-0.39, 0.29) is 10.0 Å². The Hall–Kier alpha value is -0.580. The molecule has 0 aromatic heterocycles. The predicted octanol–water partition coefficient (Wildman–Crippen LogP) is 3.58. The molecule has 0 unspecified atom stereocenters. The summed E-state index contributed by atoms with van der Waals surface area (Å²) in [6.45, 7) is 0. The highest BCUT2D eigenvalue weighted by atomic mass is 35.5. The first kappa shape index (κ1) is 11.9. The molecule has 0 saturated heterocycles. The highest BCUT2D eigenvalue weighted by Crippen LogP contribution is 2.31. The van der Waals surface area contributed by atoms with Crippen molar-refractivity contribution in [2.45, 2.75) is 18.9 Å². The van der Waals surface area contributed by atoms with E-state index in [1.54, 1.807) is 0 Å². The van der Waals surface area contributed by atoms with Crippen molar-refractivity contribution in [2.75, 3.05) is 5.32 Å². The van der Waals surface area contributed by atoms with Gasteiger partial charge in [0.05, 0.1) is 15.7 Å². The van der Waals surface area contributed by atoms with Crippen molar-refractivity contribution in [3.05, 3.63) is 28.0 Å². The number of hydrogen-bond acceptors (Lipinski definition) is 1. The molecular formula is C10H9Cl2FN2S. The standard InChI is InChI=1S/C10H9Cl2FN2S/c11-7-3-5(13)4-8(12)9(7)15-10(16)14-6-1-2-6/h3-4,6H,1-2H2,(H2,14,15,16). The van der Waals surface area contributed by atoms with Crippen LogP contribution in [0.4, 0.5) is 10.1 Å². The van der Waals surface area contributed by atoms with Crippen LogP contribution in [0.5, 0.6) is 0 Å². The second-order valence-electron chi connectivity index (χ2n) is 3.62. The van der Waals surface area contributed by atoms with Crippen LogP contribution in [-0.4, -0.2) is 11.2 Å². The number of thiocarbonyl (C=S) groups is 1. The van der Waals surface area contributed by atoms with E-state index in [4.69, 9.17) is 35.4 Å². The lowest BCUT2D eigenvalue weighted by atomic mass is 10.3. The summed E-state index contributed by atoms with van der Waals surface area (Å²) in [5.41, 5.74) is 0.433. The zero-order valence-corrected chi connectivity index (χ0v) is 10.5. The molecule has 2 N–H and O–H groups in total. The Labute approximate surface area is 108 Å². The molecule has 0 aliphatic heterocycles. The van der Waals surface area contributed by atoms with E-state index in [9.17, 15) is 4.39 Å². The number of anilines is 1. The number of hydrogen-bond donors (Lipinski definition) is 2. The molecule has 6 heteroatoms. The minimum Gasteiger partial charge on any atom is -0.360 e. The zero-order valence-electron chi connectivity index (χ0n) is 8.19. The Morgan fingerprint density at radius 1 is 1.31 bits per heavy atom. The van der Waals surface area contributed by atoms with Gasteiger partial charge in [-0.2, -0.15) is 0 Å².